The molecule has 0 amide bonds. The molecule has 1 unspecified atom stereocenters. The summed E-state index contributed by atoms with van der Waals surface area (Å²) in [6, 6.07) is 0. The molecule has 0 radical (unpaired) electrons. The van der Waals surface area contributed by atoms with E-state index in [1.807, 2.05) is 0 Å². The summed E-state index contributed by atoms with van der Waals surface area (Å²) < 4.78 is 0. The topological polar surface area (TPSA) is 0 Å². The Morgan fingerprint density at radius 1 is 0.308 bits per heavy atom. The van der Waals surface area contributed by atoms with E-state index in [0.29, 0.717) is 0 Å². The van der Waals surface area contributed by atoms with Crippen LogP contribution < -0.4 is 0 Å². The predicted octanol–water partition coefficient (Wildman–Crippen LogP) is 10.2. The molecule has 0 heteroatoms. The third kappa shape index (κ3) is 20.3. The van der Waals surface area contributed by atoms with Gasteiger partial charge in [-0.3, -0.25) is 0 Å². The second-order valence-corrected chi connectivity index (χ2v) is 8.89. The highest BCUT2D eigenvalue weighted by Gasteiger charge is 2.07. The molecular formula is C26H54. The van der Waals surface area contributed by atoms with E-state index in [2.05, 4.69) is 20.8 Å². The highest BCUT2D eigenvalue weighted by molar-refractivity contribution is 4.60. The van der Waals surface area contributed by atoms with E-state index < -0.39 is 0 Å². The van der Waals surface area contributed by atoms with E-state index in [1.165, 1.54) is 141 Å². The largest absolute Gasteiger partial charge is 0.0654 e. The molecule has 0 aromatic heterocycles. The summed E-state index contributed by atoms with van der Waals surface area (Å²) in [4.78, 5) is 0. The molecule has 0 saturated heterocycles. The lowest BCUT2D eigenvalue weighted by Crippen LogP contribution is -2.00. The van der Waals surface area contributed by atoms with Gasteiger partial charge in [-0.2, -0.15) is 0 Å². The molecule has 0 bridgehead atoms. The van der Waals surface area contributed by atoms with Gasteiger partial charge in [0.25, 0.3) is 0 Å². The molecule has 0 fully saturated rings. The minimum Gasteiger partial charge on any atom is -0.0654 e. The first kappa shape index (κ1) is 26.0. The third-order valence-electron chi connectivity index (χ3n) is 6.13. The van der Waals surface area contributed by atoms with Crippen molar-refractivity contribution < 1.29 is 0 Å². The van der Waals surface area contributed by atoms with Crippen molar-refractivity contribution in [3.63, 3.8) is 0 Å². The Hall–Kier alpha value is 0. The molecule has 0 N–H and O–H groups in total. The Kier molecular flexibility index (Phi) is 23.0. The average Bonchev–Trinajstić information content (AvgIpc) is 2.65. The zero-order valence-corrected chi connectivity index (χ0v) is 19.1. The maximum atomic E-state index is 2.37. The average molecular weight is 367 g/mol. The number of hydrogen-bond donors (Lipinski definition) is 0. The maximum Gasteiger partial charge on any atom is -0.0414 e. The first-order valence-corrected chi connectivity index (χ1v) is 12.8. The van der Waals surface area contributed by atoms with Gasteiger partial charge in [0.2, 0.25) is 0 Å². The summed E-state index contributed by atoms with van der Waals surface area (Å²) in [5.41, 5.74) is 0. The van der Waals surface area contributed by atoms with Crippen molar-refractivity contribution in [1.29, 1.82) is 0 Å². The molecule has 0 aliphatic rings. The second kappa shape index (κ2) is 23.0. The van der Waals surface area contributed by atoms with Gasteiger partial charge in [-0.15, -0.1) is 0 Å². The fraction of sp³-hybridized carbons (Fsp3) is 1.00. The number of unbranched alkanes of at least 4 members (excludes halogenated alkanes) is 16. The molecule has 158 valence electrons. The number of hydrogen-bond acceptors (Lipinski definition) is 0. The summed E-state index contributed by atoms with van der Waals surface area (Å²) >= 11 is 0. The van der Waals surface area contributed by atoms with Gasteiger partial charge in [-0.1, -0.05) is 162 Å². The fourth-order valence-electron chi connectivity index (χ4n) is 4.33. The number of rotatable bonds is 22. The minimum absolute atomic E-state index is 1.04. The molecule has 0 aliphatic heterocycles. The Labute approximate surface area is 168 Å². The highest BCUT2D eigenvalue weighted by atomic mass is 14.1. The van der Waals surface area contributed by atoms with Crippen molar-refractivity contribution in [2.24, 2.45) is 5.92 Å². The van der Waals surface area contributed by atoms with Crippen LogP contribution in [0, 0.1) is 5.92 Å². The Morgan fingerprint density at radius 2 is 0.615 bits per heavy atom. The smallest absolute Gasteiger partial charge is 0.0414 e. The van der Waals surface area contributed by atoms with Crippen LogP contribution in [-0.4, -0.2) is 0 Å². The van der Waals surface area contributed by atoms with E-state index in [-0.39, 0.29) is 0 Å². The Morgan fingerprint density at radius 3 is 0.962 bits per heavy atom. The molecule has 0 saturated carbocycles. The van der Waals surface area contributed by atoms with Crippen LogP contribution in [0.5, 0.6) is 0 Å². The highest BCUT2D eigenvalue weighted by Crippen LogP contribution is 2.23. The van der Waals surface area contributed by atoms with Gasteiger partial charge >= 0.3 is 0 Å². The minimum atomic E-state index is 1.04. The molecule has 0 spiro atoms. The molecule has 26 heavy (non-hydrogen) atoms. The fourth-order valence-corrected chi connectivity index (χ4v) is 4.33. The van der Waals surface area contributed by atoms with Gasteiger partial charge in [-0.05, 0) is 5.92 Å². The third-order valence-corrected chi connectivity index (χ3v) is 6.13. The van der Waals surface area contributed by atoms with Crippen molar-refractivity contribution in [1.82, 2.24) is 0 Å². The SMILES string of the molecule is CCCCCCCCCCCCCCCCC(CCC)CCCCCC. The van der Waals surface area contributed by atoms with E-state index in [4.69, 9.17) is 0 Å². The molecule has 0 aromatic rings. The van der Waals surface area contributed by atoms with Crippen LogP contribution in [0.25, 0.3) is 0 Å². The molecular weight excluding hydrogens is 312 g/mol. The van der Waals surface area contributed by atoms with Gasteiger partial charge < -0.3 is 0 Å². The summed E-state index contributed by atoms with van der Waals surface area (Å²) in [7, 11) is 0. The van der Waals surface area contributed by atoms with Crippen LogP contribution in [0.2, 0.25) is 0 Å². The van der Waals surface area contributed by atoms with Crippen molar-refractivity contribution in [3.8, 4) is 0 Å². The van der Waals surface area contributed by atoms with Crippen molar-refractivity contribution in [2.45, 2.75) is 162 Å². The van der Waals surface area contributed by atoms with Gasteiger partial charge in [-0.25, -0.2) is 0 Å². The summed E-state index contributed by atoms with van der Waals surface area (Å²) in [5.74, 6) is 1.04. The van der Waals surface area contributed by atoms with Crippen LogP contribution in [0.3, 0.4) is 0 Å². The molecule has 0 nitrogen and oxygen atoms in total. The first-order valence-electron chi connectivity index (χ1n) is 12.8. The monoisotopic (exact) mass is 366 g/mol. The normalized spacial score (nSPS) is 12.6. The molecule has 0 rings (SSSR count). The van der Waals surface area contributed by atoms with Crippen LogP contribution >= 0.6 is 0 Å². The van der Waals surface area contributed by atoms with Gasteiger partial charge in [0.15, 0.2) is 0 Å². The maximum absolute atomic E-state index is 2.37. The van der Waals surface area contributed by atoms with Gasteiger partial charge in [0, 0.05) is 0 Å². The second-order valence-electron chi connectivity index (χ2n) is 8.89. The van der Waals surface area contributed by atoms with E-state index in [9.17, 15) is 0 Å². The summed E-state index contributed by atoms with van der Waals surface area (Å²) in [6.45, 7) is 6.99. The molecule has 0 aliphatic carbocycles. The molecule has 1 atom stereocenters. The van der Waals surface area contributed by atoms with E-state index >= 15 is 0 Å². The van der Waals surface area contributed by atoms with Crippen molar-refractivity contribution in [2.75, 3.05) is 0 Å². The van der Waals surface area contributed by atoms with E-state index in [1.54, 1.807) is 0 Å². The lowest BCUT2D eigenvalue weighted by atomic mass is 9.91. The van der Waals surface area contributed by atoms with Crippen LogP contribution in [0.15, 0.2) is 0 Å². The van der Waals surface area contributed by atoms with Crippen LogP contribution in [0.1, 0.15) is 162 Å². The summed E-state index contributed by atoms with van der Waals surface area (Å²) in [5, 5.41) is 0. The van der Waals surface area contributed by atoms with Crippen molar-refractivity contribution >= 4 is 0 Å². The lowest BCUT2D eigenvalue weighted by molar-refractivity contribution is 0.378. The predicted molar refractivity (Wildman–Crippen MR) is 122 cm³/mol. The van der Waals surface area contributed by atoms with Crippen molar-refractivity contribution in [3.05, 3.63) is 0 Å². The van der Waals surface area contributed by atoms with Gasteiger partial charge in [0.1, 0.15) is 0 Å². The summed E-state index contributed by atoms with van der Waals surface area (Å²) in [6.07, 6.45) is 32.3. The van der Waals surface area contributed by atoms with Gasteiger partial charge in [0.05, 0.1) is 0 Å². The first-order chi connectivity index (χ1) is 12.8. The Balaban J connectivity index is 3.29. The molecule has 0 aromatic carbocycles. The van der Waals surface area contributed by atoms with E-state index in [0.717, 1.165) is 5.92 Å². The zero-order chi connectivity index (χ0) is 19.1. The quantitative estimate of drug-likeness (QED) is 0.167. The standard InChI is InChI=1S/C26H54/c1-4-7-9-11-12-13-14-15-16-17-18-19-20-22-25-26(23-6-3)24-21-10-8-5-2/h26H,4-25H2,1-3H3. The molecule has 0 heterocycles. The zero-order valence-electron chi connectivity index (χ0n) is 19.1. The van der Waals surface area contributed by atoms with Crippen LogP contribution in [0.4, 0.5) is 0 Å². The lowest BCUT2D eigenvalue weighted by Gasteiger charge is -2.15. The Bertz CT molecular complexity index is 232. The van der Waals surface area contributed by atoms with Crippen LogP contribution in [-0.2, 0) is 0 Å².